The SMILES string of the molecule is CCCCN(C(=O)COC(=O)c1cc2cc(F)ccc2s1)C1CCS(=O)(=O)C1. The number of benzene rings is 1. The summed E-state index contributed by atoms with van der Waals surface area (Å²) in [5, 5.41) is 0.601. The Bertz CT molecular complexity index is 985. The molecular formula is C19H22FNO5S2. The standard InChI is InChI=1S/C19H22FNO5S2/c1-2-3-7-21(15-6-8-28(24,25)12-15)18(22)11-26-19(23)17-10-13-9-14(20)4-5-16(13)27-17/h4-5,9-10,15H,2-3,6-8,11-12H2,1H3. The Morgan fingerprint density at radius 3 is 2.79 bits per heavy atom. The van der Waals surface area contributed by atoms with Crippen LogP contribution in [-0.4, -0.2) is 55.9 Å². The fourth-order valence-electron chi connectivity index (χ4n) is 3.26. The van der Waals surface area contributed by atoms with Crippen molar-refractivity contribution in [2.24, 2.45) is 0 Å². The van der Waals surface area contributed by atoms with Gasteiger partial charge in [-0.2, -0.15) is 0 Å². The zero-order valence-electron chi connectivity index (χ0n) is 15.5. The van der Waals surface area contributed by atoms with Crippen LogP contribution in [0.3, 0.4) is 0 Å². The lowest BCUT2D eigenvalue weighted by atomic mass is 10.2. The molecule has 1 aromatic heterocycles. The number of nitrogens with zero attached hydrogens (tertiary/aromatic N) is 1. The molecule has 9 heteroatoms. The van der Waals surface area contributed by atoms with Gasteiger partial charge >= 0.3 is 5.97 Å². The summed E-state index contributed by atoms with van der Waals surface area (Å²) >= 11 is 1.17. The molecule has 2 heterocycles. The number of fused-ring (bicyclic) bond motifs is 1. The Morgan fingerprint density at radius 2 is 2.11 bits per heavy atom. The summed E-state index contributed by atoms with van der Waals surface area (Å²) in [5.41, 5.74) is 0. The smallest absolute Gasteiger partial charge is 0.348 e. The second-order valence-electron chi connectivity index (χ2n) is 6.87. The number of unbranched alkanes of at least 4 members (excludes halogenated alkanes) is 1. The number of thiophene rings is 1. The average molecular weight is 428 g/mol. The van der Waals surface area contributed by atoms with Crippen molar-refractivity contribution < 1.29 is 27.1 Å². The van der Waals surface area contributed by atoms with Gasteiger partial charge in [0.2, 0.25) is 0 Å². The van der Waals surface area contributed by atoms with Crippen LogP contribution in [-0.2, 0) is 19.4 Å². The predicted molar refractivity (Wildman–Crippen MR) is 106 cm³/mol. The van der Waals surface area contributed by atoms with Gasteiger partial charge in [-0.1, -0.05) is 13.3 Å². The van der Waals surface area contributed by atoms with E-state index in [0.717, 1.165) is 17.5 Å². The van der Waals surface area contributed by atoms with Gasteiger partial charge < -0.3 is 9.64 Å². The molecule has 1 aliphatic rings. The number of hydrogen-bond acceptors (Lipinski definition) is 6. The Hall–Kier alpha value is -2.00. The molecule has 1 unspecified atom stereocenters. The molecule has 0 spiro atoms. The van der Waals surface area contributed by atoms with E-state index in [9.17, 15) is 22.4 Å². The largest absolute Gasteiger partial charge is 0.451 e. The van der Waals surface area contributed by atoms with E-state index < -0.39 is 34.1 Å². The first-order chi connectivity index (χ1) is 13.3. The van der Waals surface area contributed by atoms with Crippen molar-refractivity contribution >= 4 is 43.1 Å². The van der Waals surface area contributed by atoms with Crippen LogP contribution < -0.4 is 0 Å². The summed E-state index contributed by atoms with van der Waals surface area (Å²) < 4.78 is 42.7. The highest BCUT2D eigenvalue weighted by Gasteiger charge is 2.34. The number of sulfone groups is 1. The Balaban J connectivity index is 1.64. The molecule has 1 atom stereocenters. The van der Waals surface area contributed by atoms with Gasteiger partial charge in [-0.3, -0.25) is 4.79 Å². The summed E-state index contributed by atoms with van der Waals surface area (Å²) in [5.74, 6) is -1.40. The van der Waals surface area contributed by atoms with Crippen LogP contribution in [0.4, 0.5) is 4.39 Å². The first-order valence-corrected chi connectivity index (χ1v) is 11.8. The highest BCUT2D eigenvalue weighted by atomic mass is 32.2. The summed E-state index contributed by atoms with van der Waals surface area (Å²) in [6.07, 6.45) is 2.02. The van der Waals surface area contributed by atoms with E-state index in [1.54, 1.807) is 6.07 Å². The van der Waals surface area contributed by atoms with Gasteiger partial charge in [0.15, 0.2) is 16.4 Å². The van der Waals surface area contributed by atoms with Crippen LogP contribution in [0.1, 0.15) is 35.9 Å². The highest BCUT2D eigenvalue weighted by molar-refractivity contribution is 7.91. The molecule has 0 N–H and O–H groups in total. The van der Waals surface area contributed by atoms with E-state index >= 15 is 0 Å². The van der Waals surface area contributed by atoms with Crippen LogP contribution in [0.25, 0.3) is 10.1 Å². The molecule has 6 nitrogen and oxygen atoms in total. The summed E-state index contributed by atoms with van der Waals surface area (Å²) in [7, 11) is -3.12. The van der Waals surface area contributed by atoms with Crippen LogP contribution in [0, 0.1) is 5.82 Å². The Labute approximate surface area is 167 Å². The van der Waals surface area contributed by atoms with Crippen molar-refractivity contribution in [3.8, 4) is 0 Å². The number of esters is 1. The molecule has 1 fully saturated rings. The Morgan fingerprint density at radius 1 is 1.32 bits per heavy atom. The van der Waals surface area contributed by atoms with Gasteiger partial charge in [-0.05, 0) is 42.5 Å². The normalized spacial score (nSPS) is 18.3. The van der Waals surface area contributed by atoms with Crippen LogP contribution >= 0.6 is 11.3 Å². The molecule has 3 rings (SSSR count). The monoisotopic (exact) mass is 427 g/mol. The van der Waals surface area contributed by atoms with E-state index in [1.807, 2.05) is 6.92 Å². The van der Waals surface area contributed by atoms with Crippen LogP contribution in [0.15, 0.2) is 24.3 Å². The molecule has 152 valence electrons. The van der Waals surface area contributed by atoms with Crippen molar-refractivity contribution in [3.05, 3.63) is 35.0 Å². The molecule has 0 radical (unpaired) electrons. The molecule has 0 aliphatic carbocycles. The molecule has 2 aromatic rings. The van der Waals surface area contributed by atoms with Gasteiger partial charge in [0.1, 0.15) is 10.7 Å². The fraction of sp³-hybridized carbons (Fsp3) is 0.474. The number of carbonyl (C=O) groups excluding carboxylic acids is 2. The maximum atomic E-state index is 13.3. The zero-order valence-corrected chi connectivity index (χ0v) is 17.2. The minimum atomic E-state index is -3.12. The van der Waals surface area contributed by atoms with E-state index in [0.29, 0.717) is 18.4 Å². The lowest BCUT2D eigenvalue weighted by Crippen LogP contribution is -2.43. The van der Waals surface area contributed by atoms with Gasteiger partial charge in [-0.15, -0.1) is 11.3 Å². The van der Waals surface area contributed by atoms with Gasteiger partial charge in [0.25, 0.3) is 5.91 Å². The van der Waals surface area contributed by atoms with Crippen molar-refractivity contribution in [3.63, 3.8) is 0 Å². The van der Waals surface area contributed by atoms with Gasteiger partial charge in [-0.25, -0.2) is 17.6 Å². The van der Waals surface area contributed by atoms with E-state index in [1.165, 1.54) is 34.4 Å². The van der Waals surface area contributed by atoms with E-state index in [2.05, 4.69) is 0 Å². The lowest BCUT2D eigenvalue weighted by Gasteiger charge is -2.28. The highest BCUT2D eigenvalue weighted by Crippen LogP contribution is 2.27. The molecule has 0 saturated carbocycles. The molecule has 1 aliphatic heterocycles. The minimum absolute atomic E-state index is 0.0434. The molecule has 1 amide bonds. The second-order valence-corrected chi connectivity index (χ2v) is 10.2. The van der Waals surface area contributed by atoms with E-state index in [4.69, 9.17) is 4.74 Å². The number of ether oxygens (including phenoxy) is 1. The average Bonchev–Trinajstić information content (AvgIpc) is 3.22. The molecule has 1 aromatic carbocycles. The first-order valence-electron chi connectivity index (χ1n) is 9.15. The van der Waals surface area contributed by atoms with Crippen LogP contribution in [0.5, 0.6) is 0 Å². The summed E-state index contributed by atoms with van der Waals surface area (Å²) in [4.78, 5) is 26.7. The predicted octanol–water partition coefficient (Wildman–Crippen LogP) is 3.01. The number of hydrogen-bond donors (Lipinski definition) is 0. The van der Waals surface area contributed by atoms with Crippen LogP contribution in [0.2, 0.25) is 0 Å². The maximum Gasteiger partial charge on any atom is 0.348 e. The third-order valence-corrected chi connectivity index (χ3v) is 7.57. The summed E-state index contributed by atoms with van der Waals surface area (Å²) in [6, 6.07) is 5.41. The van der Waals surface area contributed by atoms with Gasteiger partial charge in [0, 0.05) is 17.3 Å². The number of amides is 1. The quantitative estimate of drug-likeness (QED) is 0.635. The fourth-order valence-corrected chi connectivity index (χ4v) is 5.92. The van der Waals surface area contributed by atoms with E-state index in [-0.39, 0.29) is 22.4 Å². The summed E-state index contributed by atoms with van der Waals surface area (Å²) in [6.45, 7) is 1.98. The van der Waals surface area contributed by atoms with Crippen molar-refractivity contribution in [2.75, 3.05) is 24.7 Å². The topological polar surface area (TPSA) is 80.8 Å². The molecule has 1 saturated heterocycles. The van der Waals surface area contributed by atoms with Crippen molar-refractivity contribution in [1.29, 1.82) is 0 Å². The molecular weight excluding hydrogens is 405 g/mol. The number of carbonyl (C=O) groups is 2. The third kappa shape index (κ3) is 4.88. The maximum absolute atomic E-state index is 13.3. The molecule has 0 bridgehead atoms. The zero-order chi connectivity index (χ0) is 20.3. The third-order valence-electron chi connectivity index (χ3n) is 4.73. The van der Waals surface area contributed by atoms with Gasteiger partial charge in [0.05, 0.1) is 11.5 Å². The van der Waals surface area contributed by atoms with Crippen molar-refractivity contribution in [2.45, 2.75) is 32.2 Å². The Kier molecular flexibility index (Phi) is 6.34. The first kappa shape index (κ1) is 20.7. The number of halogens is 1. The second kappa shape index (κ2) is 8.57. The molecule has 28 heavy (non-hydrogen) atoms. The number of rotatable bonds is 7. The minimum Gasteiger partial charge on any atom is -0.451 e. The van der Waals surface area contributed by atoms with Crippen molar-refractivity contribution in [1.82, 2.24) is 4.90 Å². The lowest BCUT2D eigenvalue weighted by molar-refractivity contribution is -0.136.